The quantitative estimate of drug-likeness (QED) is 0.674. The van der Waals surface area contributed by atoms with Crippen molar-refractivity contribution in [1.82, 2.24) is 4.90 Å². The van der Waals surface area contributed by atoms with E-state index in [0.29, 0.717) is 17.1 Å². The van der Waals surface area contributed by atoms with Gasteiger partial charge in [0.25, 0.3) is 5.91 Å². The molecule has 4 aliphatic heterocycles. The van der Waals surface area contributed by atoms with Gasteiger partial charge in [-0.3, -0.25) is 4.79 Å². The van der Waals surface area contributed by atoms with E-state index in [9.17, 15) is 14.1 Å². The summed E-state index contributed by atoms with van der Waals surface area (Å²) in [6, 6.07) is 5.42. The third kappa shape index (κ3) is 4.23. The molecule has 5 atom stereocenters. The topological polar surface area (TPSA) is 91.2 Å². The maximum atomic E-state index is 13.7. The highest BCUT2D eigenvalue weighted by molar-refractivity contribution is 7.84. The summed E-state index contributed by atoms with van der Waals surface area (Å²) in [6.45, 7) is 13.0. The van der Waals surface area contributed by atoms with E-state index < -0.39 is 11.0 Å². The van der Waals surface area contributed by atoms with Gasteiger partial charge in [-0.25, -0.2) is 4.21 Å². The fraction of sp³-hybridized carbons (Fsp3) is 0.600. The highest BCUT2D eigenvalue weighted by atomic mass is 32.2. The average molecular weight is 474 g/mol. The molecule has 1 aromatic carbocycles. The summed E-state index contributed by atoms with van der Waals surface area (Å²) < 4.78 is 23.2. The van der Waals surface area contributed by atoms with Crippen molar-refractivity contribution in [2.45, 2.75) is 84.0 Å². The maximum Gasteiger partial charge on any atom is 0.261 e. The minimum Gasteiger partial charge on any atom is -0.511 e. The van der Waals surface area contributed by atoms with Gasteiger partial charge in [0, 0.05) is 6.54 Å². The van der Waals surface area contributed by atoms with Gasteiger partial charge < -0.3 is 20.1 Å². The van der Waals surface area contributed by atoms with Crippen molar-refractivity contribution >= 4 is 28.4 Å². The molecule has 1 amide bonds. The molecule has 2 fully saturated rings. The number of hydrogen-bond donors (Lipinski definition) is 2. The Morgan fingerprint density at radius 3 is 2.64 bits per heavy atom. The van der Waals surface area contributed by atoms with Gasteiger partial charge in [-0.05, 0) is 49.3 Å². The minimum atomic E-state index is -1.65. The van der Waals surface area contributed by atoms with Crippen molar-refractivity contribution in [2.75, 3.05) is 11.9 Å². The second kappa shape index (κ2) is 8.87. The van der Waals surface area contributed by atoms with E-state index in [0.717, 1.165) is 24.8 Å². The molecule has 0 spiro atoms. The summed E-state index contributed by atoms with van der Waals surface area (Å²) in [5.74, 6) is -0.325. The molecule has 2 bridgehead atoms. The van der Waals surface area contributed by atoms with E-state index in [4.69, 9.17) is 4.74 Å². The van der Waals surface area contributed by atoms with Crippen LogP contribution in [0.2, 0.25) is 0 Å². The number of aryl methyl sites for hydroxylation is 1. The van der Waals surface area contributed by atoms with Crippen LogP contribution in [0.5, 0.6) is 0 Å². The largest absolute Gasteiger partial charge is 0.511 e. The molecule has 0 aliphatic carbocycles. The van der Waals surface area contributed by atoms with E-state index >= 15 is 0 Å². The second-order valence-electron chi connectivity index (χ2n) is 10.2. The fourth-order valence-electron chi connectivity index (χ4n) is 5.14. The van der Waals surface area contributed by atoms with Crippen LogP contribution >= 0.6 is 0 Å². The summed E-state index contributed by atoms with van der Waals surface area (Å²) in [4.78, 5) is 16.1. The number of rotatable bonds is 3. The Morgan fingerprint density at radius 1 is 1.24 bits per heavy atom. The van der Waals surface area contributed by atoms with Gasteiger partial charge in [-0.15, -0.1) is 0 Å². The fourth-order valence-corrected chi connectivity index (χ4v) is 6.14. The van der Waals surface area contributed by atoms with Crippen molar-refractivity contribution < 1.29 is 18.8 Å². The lowest BCUT2D eigenvalue weighted by molar-refractivity contribution is -0.132. The molecule has 7 nitrogen and oxygen atoms in total. The second-order valence-corrected chi connectivity index (χ2v) is 11.3. The summed E-state index contributed by atoms with van der Waals surface area (Å²) in [5, 5.41) is 14.4. The van der Waals surface area contributed by atoms with Crippen LogP contribution in [0.15, 0.2) is 38.8 Å². The first-order valence-corrected chi connectivity index (χ1v) is 13.0. The van der Waals surface area contributed by atoms with Crippen molar-refractivity contribution in [1.29, 1.82) is 0 Å². The zero-order valence-corrected chi connectivity index (χ0v) is 21.2. The van der Waals surface area contributed by atoms with Gasteiger partial charge >= 0.3 is 0 Å². The van der Waals surface area contributed by atoms with E-state index in [-0.39, 0.29) is 52.7 Å². The lowest BCUT2D eigenvalue weighted by Crippen LogP contribution is -2.56. The summed E-state index contributed by atoms with van der Waals surface area (Å²) in [5.41, 5.74) is 1.83. The van der Waals surface area contributed by atoms with Crippen LogP contribution in [0.1, 0.15) is 59.4 Å². The predicted octanol–water partition coefficient (Wildman–Crippen LogP) is 4.50. The number of hydrogen-bond acceptors (Lipinski definition) is 5. The van der Waals surface area contributed by atoms with Crippen molar-refractivity contribution in [2.24, 2.45) is 15.7 Å². The molecule has 8 heteroatoms. The Balaban J connectivity index is 0.00000126. The van der Waals surface area contributed by atoms with Crippen molar-refractivity contribution in [3.63, 3.8) is 0 Å². The molecule has 2 saturated heterocycles. The van der Waals surface area contributed by atoms with Gasteiger partial charge in [0.2, 0.25) is 0 Å². The van der Waals surface area contributed by atoms with Crippen LogP contribution in [0.4, 0.5) is 5.69 Å². The monoisotopic (exact) mass is 473 g/mol. The van der Waals surface area contributed by atoms with Gasteiger partial charge in [0.05, 0.1) is 34.8 Å². The van der Waals surface area contributed by atoms with E-state index in [2.05, 4.69) is 30.5 Å². The molecule has 4 heterocycles. The standard InChI is InChI=1S/C23H29N3O4S.C2H6/c1-12-5-6-13-16(11-12)31(29)25-21(24-13)18-20(27)17-14-7-8-15(30-14)19(17)26(22(18)28)10-9-23(2,3)4;1-2/h5-6,11,14-15,17,19,27H,7-10H2,1-4H3,(H,24,25);1-2H3. The molecular formula is C25H35N3O4S. The molecule has 0 radical (unpaired) electrons. The van der Waals surface area contributed by atoms with Crippen LogP contribution in [0, 0.1) is 18.3 Å². The number of aliphatic hydroxyl groups is 1. The molecule has 0 aromatic heterocycles. The summed E-state index contributed by atoms with van der Waals surface area (Å²) in [6.07, 6.45) is 2.48. The molecule has 2 N–H and O–H groups in total. The van der Waals surface area contributed by atoms with Crippen molar-refractivity contribution in [3.05, 3.63) is 35.1 Å². The number of amidine groups is 1. The lowest BCUT2D eigenvalue weighted by Gasteiger charge is -2.43. The molecular weight excluding hydrogens is 438 g/mol. The number of aliphatic hydroxyl groups excluding tert-OH is 1. The van der Waals surface area contributed by atoms with E-state index in [1.165, 1.54) is 0 Å². The number of anilines is 1. The Bertz CT molecular complexity index is 1040. The smallest absolute Gasteiger partial charge is 0.261 e. The van der Waals surface area contributed by atoms with Gasteiger partial charge in [-0.1, -0.05) is 40.7 Å². The molecule has 33 heavy (non-hydrogen) atoms. The maximum absolute atomic E-state index is 13.7. The van der Waals surface area contributed by atoms with Gasteiger partial charge in [0.15, 0.2) is 16.8 Å². The zero-order valence-electron chi connectivity index (χ0n) is 20.3. The number of nitrogens with zero attached hydrogens (tertiary/aromatic N) is 2. The van der Waals surface area contributed by atoms with E-state index in [1.807, 2.05) is 43.9 Å². The zero-order chi connectivity index (χ0) is 24.1. The Morgan fingerprint density at radius 2 is 1.94 bits per heavy atom. The first-order valence-electron chi connectivity index (χ1n) is 11.9. The number of benzene rings is 1. The molecule has 180 valence electrons. The van der Waals surface area contributed by atoms with Crippen LogP contribution in [-0.2, 0) is 20.5 Å². The lowest BCUT2D eigenvalue weighted by atomic mass is 9.77. The number of amides is 1. The number of carbonyl (C=O) groups is 1. The third-order valence-corrected chi connectivity index (χ3v) is 7.80. The predicted molar refractivity (Wildman–Crippen MR) is 131 cm³/mol. The highest BCUT2D eigenvalue weighted by Crippen LogP contribution is 2.48. The molecule has 0 saturated carbocycles. The normalized spacial score (nSPS) is 30.2. The number of ether oxygens (including phenoxy) is 1. The van der Waals surface area contributed by atoms with Gasteiger partial charge in [0.1, 0.15) is 11.3 Å². The molecule has 1 aromatic rings. The summed E-state index contributed by atoms with van der Waals surface area (Å²) >= 11 is 0. The molecule has 5 rings (SSSR count). The average Bonchev–Trinajstić information content (AvgIpc) is 3.37. The minimum absolute atomic E-state index is 0.0213. The van der Waals surface area contributed by atoms with Crippen LogP contribution in [0.25, 0.3) is 0 Å². The van der Waals surface area contributed by atoms with Crippen LogP contribution < -0.4 is 5.32 Å². The SMILES string of the molecule is CC.Cc1ccc2c(c1)S(=O)N=C(C1=C(O)C3C4CCC(O4)C3N(CCC(C)(C)C)C1=O)N2. The van der Waals surface area contributed by atoms with Gasteiger partial charge in [-0.2, -0.15) is 4.40 Å². The highest BCUT2D eigenvalue weighted by Gasteiger charge is 2.58. The molecule has 4 aliphatic rings. The third-order valence-electron chi connectivity index (χ3n) is 6.73. The van der Waals surface area contributed by atoms with E-state index in [1.54, 1.807) is 0 Å². The Hall–Kier alpha value is -2.19. The Kier molecular flexibility index (Phi) is 6.44. The number of nitrogens with one attached hydrogen (secondary N) is 1. The first-order chi connectivity index (χ1) is 15.6. The van der Waals surface area contributed by atoms with Crippen LogP contribution in [-0.4, -0.2) is 50.8 Å². The molecule has 5 unspecified atom stereocenters. The number of carbonyl (C=O) groups excluding carboxylic acids is 1. The van der Waals surface area contributed by atoms with Crippen molar-refractivity contribution in [3.8, 4) is 0 Å². The van der Waals surface area contributed by atoms with Crippen LogP contribution in [0.3, 0.4) is 0 Å². The summed E-state index contributed by atoms with van der Waals surface area (Å²) in [7, 11) is -1.65. The number of fused-ring (bicyclic) bond motifs is 6. The first kappa shape index (κ1) is 24.0. The Labute approximate surface area is 198 Å².